The number of nitro groups is 1. The molecule has 112 valence electrons. The molecular weight excluding hydrogens is 266 g/mol. The van der Waals surface area contributed by atoms with Gasteiger partial charge in [0.2, 0.25) is 0 Å². The number of hydrogen-bond donors (Lipinski definition) is 4. The Balaban J connectivity index is 3.36. The second kappa shape index (κ2) is 7.63. The van der Waals surface area contributed by atoms with Gasteiger partial charge in [-0.1, -0.05) is 0 Å². The van der Waals surface area contributed by atoms with Crippen LogP contribution in [0, 0.1) is 10.1 Å². The minimum Gasteiger partial charge on any atom is -0.396 e. The number of benzene rings is 1. The second-order valence-electron chi connectivity index (χ2n) is 4.17. The Kier molecular flexibility index (Phi) is 6.16. The lowest BCUT2D eigenvalue weighted by Gasteiger charge is -2.25. The Morgan fingerprint density at radius 2 is 1.75 bits per heavy atom. The number of rotatable bonds is 8. The van der Waals surface area contributed by atoms with E-state index < -0.39 is 4.92 Å². The zero-order valence-corrected chi connectivity index (χ0v) is 11.0. The maximum absolute atomic E-state index is 11.1. The number of anilines is 2. The summed E-state index contributed by atoms with van der Waals surface area (Å²) in [6, 6.07) is 3.01. The van der Waals surface area contributed by atoms with E-state index in [2.05, 4.69) is 0 Å². The molecule has 0 saturated heterocycles. The van der Waals surface area contributed by atoms with E-state index in [1.165, 1.54) is 6.07 Å². The fourth-order valence-electron chi connectivity index (χ4n) is 2.11. The van der Waals surface area contributed by atoms with Gasteiger partial charge >= 0.3 is 0 Å². The molecule has 5 N–H and O–H groups in total. The van der Waals surface area contributed by atoms with E-state index in [9.17, 15) is 10.1 Å². The van der Waals surface area contributed by atoms with Crippen molar-refractivity contribution in [1.82, 2.24) is 0 Å². The summed E-state index contributed by atoms with van der Waals surface area (Å²) in [6.45, 7) is -0.128. The van der Waals surface area contributed by atoms with E-state index in [0.29, 0.717) is 11.3 Å². The molecule has 0 aliphatic carbocycles. The molecule has 0 amide bonds. The van der Waals surface area contributed by atoms with Crippen molar-refractivity contribution in [2.75, 3.05) is 43.5 Å². The number of nitrogens with two attached hydrogens (primary N) is 1. The largest absolute Gasteiger partial charge is 0.396 e. The normalized spacial score (nSPS) is 10.6. The molecule has 0 heterocycles. The predicted molar refractivity (Wildman–Crippen MR) is 74.7 cm³/mol. The van der Waals surface area contributed by atoms with Crippen LogP contribution < -0.4 is 10.6 Å². The molecule has 0 radical (unpaired) electrons. The van der Waals surface area contributed by atoms with Gasteiger partial charge in [-0.15, -0.1) is 0 Å². The first-order valence-electron chi connectivity index (χ1n) is 6.20. The van der Waals surface area contributed by atoms with Gasteiger partial charge < -0.3 is 26.0 Å². The zero-order chi connectivity index (χ0) is 15.1. The van der Waals surface area contributed by atoms with Gasteiger partial charge in [0.05, 0.1) is 23.7 Å². The molecule has 0 spiro atoms. The SMILES string of the molecule is Nc1ccc(N(CCO)CCO)c(CCO)c1[N+](=O)[O-]. The molecule has 8 heteroatoms. The fourth-order valence-corrected chi connectivity index (χ4v) is 2.11. The zero-order valence-electron chi connectivity index (χ0n) is 11.0. The molecule has 1 aromatic rings. The quantitative estimate of drug-likeness (QED) is 0.287. The van der Waals surface area contributed by atoms with Gasteiger partial charge in [-0.25, -0.2) is 0 Å². The Morgan fingerprint density at radius 1 is 1.15 bits per heavy atom. The van der Waals surface area contributed by atoms with E-state index in [4.69, 9.17) is 21.1 Å². The Labute approximate surface area is 116 Å². The van der Waals surface area contributed by atoms with E-state index in [-0.39, 0.29) is 50.7 Å². The monoisotopic (exact) mass is 285 g/mol. The van der Waals surface area contributed by atoms with Crippen molar-refractivity contribution in [3.63, 3.8) is 0 Å². The maximum atomic E-state index is 11.1. The van der Waals surface area contributed by atoms with Crippen LogP contribution in [-0.4, -0.2) is 53.2 Å². The van der Waals surface area contributed by atoms with Gasteiger partial charge in [0, 0.05) is 31.8 Å². The van der Waals surface area contributed by atoms with Crippen LogP contribution in [0.5, 0.6) is 0 Å². The first kappa shape index (κ1) is 16.2. The van der Waals surface area contributed by atoms with E-state index in [1.807, 2.05) is 0 Å². The van der Waals surface area contributed by atoms with Crippen LogP contribution in [0.4, 0.5) is 17.1 Å². The fraction of sp³-hybridized carbons (Fsp3) is 0.500. The molecule has 0 fully saturated rings. The summed E-state index contributed by atoms with van der Waals surface area (Å²) in [5.74, 6) is 0. The van der Waals surface area contributed by atoms with Crippen molar-refractivity contribution in [2.45, 2.75) is 6.42 Å². The van der Waals surface area contributed by atoms with Gasteiger partial charge in [0.15, 0.2) is 0 Å². The first-order valence-corrected chi connectivity index (χ1v) is 6.20. The highest BCUT2D eigenvalue weighted by Crippen LogP contribution is 2.34. The summed E-state index contributed by atoms with van der Waals surface area (Å²) >= 11 is 0. The van der Waals surface area contributed by atoms with Gasteiger partial charge in [-0.2, -0.15) is 0 Å². The lowest BCUT2D eigenvalue weighted by atomic mass is 10.0. The van der Waals surface area contributed by atoms with Crippen LogP contribution in [0.2, 0.25) is 0 Å². The number of hydrogen-bond acceptors (Lipinski definition) is 7. The van der Waals surface area contributed by atoms with Crippen LogP contribution in [0.25, 0.3) is 0 Å². The van der Waals surface area contributed by atoms with Crippen molar-refractivity contribution in [2.24, 2.45) is 0 Å². The van der Waals surface area contributed by atoms with Gasteiger partial charge in [0.25, 0.3) is 5.69 Å². The molecule has 0 bridgehead atoms. The average Bonchev–Trinajstić information content (AvgIpc) is 2.39. The second-order valence-corrected chi connectivity index (χ2v) is 4.17. The number of nitro benzene ring substituents is 1. The molecule has 1 rings (SSSR count). The Bertz CT molecular complexity index is 461. The summed E-state index contributed by atoms with van der Waals surface area (Å²) in [5.41, 5.74) is 6.21. The topological polar surface area (TPSA) is 133 Å². The lowest BCUT2D eigenvalue weighted by molar-refractivity contribution is -0.384. The van der Waals surface area contributed by atoms with E-state index in [0.717, 1.165) is 0 Å². The van der Waals surface area contributed by atoms with Crippen LogP contribution in [0.15, 0.2) is 12.1 Å². The minimum absolute atomic E-state index is 0.0233. The highest BCUT2D eigenvalue weighted by molar-refractivity contribution is 5.73. The molecule has 0 aliphatic rings. The molecule has 1 aromatic carbocycles. The predicted octanol–water partition coefficient (Wildman–Crippen LogP) is -0.497. The molecule has 0 atom stereocenters. The van der Waals surface area contributed by atoms with E-state index >= 15 is 0 Å². The standard InChI is InChI=1S/C12H19N3O5/c13-10-1-2-11(14(4-7-17)5-8-18)9(3-6-16)12(10)15(19)20/h1-2,16-18H,3-8,13H2. The number of nitrogens with zero attached hydrogens (tertiary/aromatic N) is 2. The molecule has 0 unspecified atom stereocenters. The highest BCUT2D eigenvalue weighted by Gasteiger charge is 2.23. The minimum atomic E-state index is -0.583. The third kappa shape index (κ3) is 3.56. The molecule has 8 nitrogen and oxygen atoms in total. The Hall–Kier alpha value is -1.90. The van der Waals surface area contributed by atoms with E-state index in [1.54, 1.807) is 11.0 Å². The summed E-state index contributed by atoms with van der Waals surface area (Å²) in [5, 5.41) is 38.3. The molecule has 0 aromatic heterocycles. The Morgan fingerprint density at radius 3 is 2.20 bits per heavy atom. The molecule has 0 aliphatic heterocycles. The number of aliphatic hydroxyl groups excluding tert-OH is 3. The smallest absolute Gasteiger partial charge is 0.297 e. The van der Waals surface area contributed by atoms with Crippen molar-refractivity contribution < 1.29 is 20.2 Å². The first-order chi connectivity index (χ1) is 9.56. The van der Waals surface area contributed by atoms with Crippen LogP contribution in [0.3, 0.4) is 0 Å². The van der Waals surface area contributed by atoms with Crippen molar-refractivity contribution in [3.05, 3.63) is 27.8 Å². The van der Waals surface area contributed by atoms with Crippen LogP contribution >= 0.6 is 0 Å². The number of nitrogen functional groups attached to an aromatic ring is 1. The summed E-state index contributed by atoms with van der Waals surface area (Å²) in [4.78, 5) is 12.2. The number of aliphatic hydroxyl groups is 3. The van der Waals surface area contributed by atoms with Crippen molar-refractivity contribution >= 4 is 17.1 Å². The van der Waals surface area contributed by atoms with Crippen molar-refractivity contribution in [1.29, 1.82) is 0 Å². The van der Waals surface area contributed by atoms with Crippen LogP contribution in [0.1, 0.15) is 5.56 Å². The average molecular weight is 285 g/mol. The summed E-state index contributed by atoms with van der Waals surface area (Å²) in [7, 11) is 0. The summed E-state index contributed by atoms with van der Waals surface area (Å²) in [6.07, 6.45) is 0.0735. The van der Waals surface area contributed by atoms with Gasteiger partial charge in [0.1, 0.15) is 5.69 Å². The van der Waals surface area contributed by atoms with Crippen LogP contribution in [-0.2, 0) is 6.42 Å². The van der Waals surface area contributed by atoms with Crippen molar-refractivity contribution in [3.8, 4) is 0 Å². The van der Waals surface area contributed by atoms with Gasteiger partial charge in [-0.3, -0.25) is 10.1 Å². The molecule has 0 saturated carbocycles. The maximum Gasteiger partial charge on any atom is 0.297 e. The molecule has 20 heavy (non-hydrogen) atoms. The highest BCUT2D eigenvalue weighted by atomic mass is 16.6. The molecular formula is C12H19N3O5. The third-order valence-corrected chi connectivity index (χ3v) is 2.91. The third-order valence-electron chi connectivity index (χ3n) is 2.91. The van der Waals surface area contributed by atoms with Gasteiger partial charge in [-0.05, 0) is 12.1 Å². The lowest BCUT2D eigenvalue weighted by Crippen LogP contribution is -2.31. The summed E-state index contributed by atoms with van der Waals surface area (Å²) < 4.78 is 0.